The maximum absolute atomic E-state index is 11.9. The molecule has 1 aliphatic heterocycles. The monoisotopic (exact) mass is 281 g/mol. The molecule has 0 aromatic rings. The summed E-state index contributed by atoms with van der Waals surface area (Å²) in [5.74, 6) is -1.15. The Morgan fingerprint density at radius 2 is 1.89 bits per heavy atom. The van der Waals surface area contributed by atoms with Crippen molar-refractivity contribution >= 4 is 11.8 Å². The highest BCUT2D eigenvalue weighted by atomic mass is 19.4. The van der Waals surface area contributed by atoms with Gasteiger partial charge in [0.15, 0.2) is 0 Å². The van der Waals surface area contributed by atoms with Gasteiger partial charge in [0.1, 0.15) is 6.54 Å². The third-order valence-electron chi connectivity index (χ3n) is 2.93. The number of likely N-dealkylation sites (N-methyl/N-ethyl adjacent to an activating group) is 1. The van der Waals surface area contributed by atoms with E-state index in [9.17, 15) is 22.8 Å². The zero-order valence-corrected chi connectivity index (χ0v) is 10.7. The summed E-state index contributed by atoms with van der Waals surface area (Å²) in [6.45, 7) is -0.241. The van der Waals surface area contributed by atoms with Crippen molar-refractivity contribution < 1.29 is 22.8 Å². The second-order valence-corrected chi connectivity index (χ2v) is 4.61. The van der Waals surface area contributed by atoms with Crippen LogP contribution in [-0.2, 0) is 9.59 Å². The Kier molecular flexibility index (Phi) is 5.59. The summed E-state index contributed by atoms with van der Waals surface area (Å²) in [5, 5.41) is 4.85. The van der Waals surface area contributed by atoms with Crippen LogP contribution in [0.15, 0.2) is 0 Å². The molecule has 0 saturated carbocycles. The van der Waals surface area contributed by atoms with Gasteiger partial charge in [-0.15, -0.1) is 0 Å². The quantitative estimate of drug-likeness (QED) is 0.769. The lowest BCUT2D eigenvalue weighted by atomic mass is 9.97. The van der Waals surface area contributed by atoms with Crippen LogP contribution in [0.2, 0.25) is 0 Å². The van der Waals surface area contributed by atoms with Crippen molar-refractivity contribution in [1.29, 1.82) is 0 Å². The molecule has 0 atom stereocenters. The average molecular weight is 281 g/mol. The van der Waals surface area contributed by atoms with E-state index < -0.39 is 18.6 Å². The molecule has 0 aromatic heterocycles. The summed E-state index contributed by atoms with van der Waals surface area (Å²) >= 11 is 0. The predicted octanol–water partition coefficient (Wildman–Crippen LogP) is 0.123. The van der Waals surface area contributed by atoms with E-state index in [4.69, 9.17) is 0 Å². The zero-order chi connectivity index (χ0) is 14.5. The van der Waals surface area contributed by atoms with E-state index in [-0.39, 0.29) is 18.4 Å². The van der Waals surface area contributed by atoms with Crippen LogP contribution in [0.1, 0.15) is 12.8 Å². The number of hydrogen-bond donors (Lipinski definition) is 2. The van der Waals surface area contributed by atoms with Gasteiger partial charge in [0.25, 0.3) is 0 Å². The van der Waals surface area contributed by atoms with Gasteiger partial charge in [-0.2, -0.15) is 13.2 Å². The van der Waals surface area contributed by atoms with Gasteiger partial charge in [-0.25, -0.2) is 0 Å². The SMILES string of the molecule is CN(CC(=O)NCC(F)(F)F)C(=O)C1CCNCC1. The number of hydrogen-bond acceptors (Lipinski definition) is 3. The average Bonchev–Trinajstić information content (AvgIpc) is 2.35. The minimum atomic E-state index is -4.44. The van der Waals surface area contributed by atoms with Crippen molar-refractivity contribution in [1.82, 2.24) is 15.5 Å². The van der Waals surface area contributed by atoms with Gasteiger partial charge in [-0.3, -0.25) is 9.59 Å². The molecule has 19 heavy (non-hydrogen) atoms. The fourth-order valence-corrected chi connectivity index (χ4v) is 1.93. The summed E-state index contributed by atoms with van der Waals surface area (Å²) in [6, 6.07) is 0. The number of halogens is 3. The number of alkyl halides is 3. The van der Waals surface area contributed by atoms with Crippen LogP contribution >= 0.6 is 0 Å². The Hall–Kier alpha value is -1.31. The van der Waals surface area contributed by atoms with E-state index >= 15 is 0 Å². The third-order valence-corrected chi connectivity index (χ3v) is 2.93. The fraction of sp³-hybridized carbons (Fsp3) is 0.818. The standard InChI is InChI=1S/C11H18F3N3O2/c1-17(6-9(18)16-7-11(12,13)14)10(19)8-2-4-15-5-3-8/h8,15H,2-7H2,1H3,(H,16,18). The van der Waals surface area contributed by atoms with Gasteiger partial charge in [0, 0.05) is 13.0 Å². The molecule has 2 N–H and O–H groups in total. The molecule has 1 fully saturated rings. The molecule has 0 unspecified atom stereocenters. The molecule has 5 nitrogen and oxygen atoms in total. The van der Waals surface area contributed by atoms with E-state index in [1.165, 1.54) is 11.9 Å². The minimum Gasteiger partial charge on any atom is -0.345 e. The van der Waals surface area contributed by atoms with Crippen molar-refractivity contribution in [3.63, 3.8) is 0 Å². The summed E-state index contributed by atoms with van der Waals surface area (Å²) in [4.78, 5) is 24.4. The lowest BCUT2D eigenvalue weighted by Gasteiger charge is -2.26. The van der Waals surface area contributed by atoms with Crippen molar-refractivity contribution in [2.75, 3.05) is 33.2 Å². The van der Waals surface area contributed by atoms with Gasteiger partial charge in [-0.1, -0.05) is 0 Å². The molecule has 8 heteroatoms. The van der Waals surface area contributed by atoms with E-state index in [0.717, 1.165) is 13.1 Å². The lowest BCUT2D eigenvalue weighted by molar-refractivity contribution is -0.143. The van der Waals surface area contributed by atoms with Gasteiger partial charge in [0.05, 0.1) is 6.54 Å². The highest BCUT2D eigenvalue weighted by molar-refractivity contribution is 5.85. The smallest absolute Gasteiger partial charge is 0.345 e. The topological polar surface area (TPSA) is 61.4 Å². The maximum atomic E-state index is 11.9. The van der Waals surface area contributed by atoms with Crippen LogP contribution in [-0.4, -0.2) is 56.1 Å². The van der Waals surface area contributed by atoms with Crippen molar-refractivity contribution in [3.05, 3.63) is 0 Å². The molecule has 1 saturated heterocycles. The molecule has 0 spiro atoms. The van der Waals surface area contributed by atoms with Gasteiger partial charge in [-0.05, 0) is 25.9 Å². The highest BCUT2D eigenvalue weighted by Gasteiger charge is 2.29. The van der Waals surface area contributed by atoms with E-state index in [1.807, 2.05) is 0 Å². The first-order chi connectivity index (χ1) is 8.79. The van der Waals surface area contributed by atoms with Crippen molar-refractivity contribution in [2.45, 2.75) is 19.0 Å². The number of nitrogens with one attached hydrogen (secondary N) is 2. The van der Waals surface area contributed by atoms with Gasteiger partial charge >= 0.3 is 6.18 Å². The summed E-state index contributed by atoms with van der Waals surface area (Å²) < 4.78 is 35.7. The van der Waals surface area contributed by atoms with Crippen molar-refractivity contribution in [2.24, 2.45) is 5.92 Å². The zero-order valence-electron chi connectivity index (χ0n) is 10.7. The summed E-state index contributed by atoms with van der Waals surface area (Å²) in [7, 11) is 1.43. The second kappa shape index (κ2) is 6.74. The molecular weight excluding hydrogens is 263 g/mol. The molecule has 0 bridgehead atoms. The third kappa shape index (κ3) is 5.91. The number of piperidine rings is 1. The van der Waals surface area contributed by atoms with E-state index in [1.54, 1.807) is 5.32 Å². The molecule has 110 valence electrons. The van der Waals surface area contributed by atoms with E-state index in [0.29, 0.717) is 12.8 Å². The predicted molar refractivity (Wildman–Crippen MR) is 62.3 cm³/mol. The maximum Gasteiger partial charge on any atom is 0.405 e. The first-order valence-corrected chi connectivity index (χ1v) is 6.09. The fourth-order valence-electron chi connectivity index (χ4n) is 1.93. The second-order valence-electron chi connectivity index (χ2n) is 4.61. The summed E-state index contributed by atoms with van der Waals surface area (Å²) in [5.41, 5.74) is 0. The Morgan fingerprint density at radius 3 is 2.42 bits per heavy atom. The van der Waals surface area contributed by atoms with Crippen LogP contribution in [0.4, 0.5) is 13.2 Å². The van der Waals surface area contributed by atoms with Gasteiger partial charge in [0.2, 0.25) is 11.8 Å². The molecular formula is C11H18F3N3O2. The number of rotatable bonds is 4. The van der Waals surface area contributed by atoms with Crippen LogP contribution in [0, 0.1) is 5.92 Å². The van der Waals surface area contributed by atoms with Crippen LogP contribution in [0.5, 0.6) is 0 Å². The highest BCUT2D eigenvalue weighted by Crippen LogP contribution is 2.14. The minimum absolute atomic E-state index is 0.151. The van der Waals surface area contributed by atoms with Crippen LogP contribution < -0.4 is 10.6 Å². The molecule has 1 heterocycles. The Balaban J connectivity index is 2.34. The number of carbonyl (C=O) groups is 2. The molecule has 1 aliphatic rings. The molecule has 0 aromatic carbocycles. The molecule has 2 amide bonds. The number of carbonyl (C=O) groups excluding carboxylic acids is 2. The van der Waals surface area contributed by atoms with Gasteiger partial charge < -0.3 is 15.5 Å². The Morgan fingerprint density at radius 1 is 1.32 bits per heavy atom. The van der Waals surface area contributed by atoms with Crippen LogP contribution in [0.3, 0.4) is 0 Å². The molecule has 0 aliphatic carbocycles. The molecule has 0 radical (unpaired) electrons. The number of nitrogens with zero attached hydrogens (tertiary/aromatic N) is 1. The Bertz CT molecular complexity index is 328. The summed E-state index contributed by atoms with van der Waals surface area (Å²) in [6.07, 6.45) is -3.06. The normalized spacial score (nSPS) is 17.1. The lowest BCUT2D eigenvalue weighted by Crippen LogP contribution is -2.45. The van der Waals surface area contributed by atoms with Crippen LogP contribution in [0.25, 0.3) is 0 Å². The largest absolute Gasteiger partial charge is 0.405 e. The van der Waals surface area contributed by atoms with Crippen molar-refractivity contribution in [3.8, 4) is 0 Å². The molecule has 1 rings (SSSR count). The number of amides is 2. The van der Waals surface area contributed by atoms with E-state index in [2.05, 4.69) is 5.32 Å². The Labute approximate surface area is 109 Å². The first kappa shape index (κ1) is 15.7. The first-order valence-electron chi connectivity index (χ1n) is 6.09.